The molecule has 1 heterocycles. The van der Waals surface area contributed by atoms with Crippen LogP contribution in [0.4, 0.5) is 14.5 Å². The van der Waals surface area contributed by atoms with Crippen molar-refractivity contribution in [3.8, 4) is 0 Å². The molecule has 0 spiro atoms. The molecular formula is C11H11F2N3. The summed E-state index contributed by atoms with van der Waals surface area (Å²) in [4.78, 5) is 7.00. The van der Waals surface area contributed by atoms with E-state index in [0.717, 1.165) is 29.7 Å². The van der Waals surface area contributed by atoms with Crippen LogP contribution in [0.5, 0.6) is 0 Å². The van der Waals surface area contributed by atoms with Crippen LogP contribution in [0, 0.1) is 18.6 Å². The molecular weight excluding hydrogens is 212 g/mol. The van der Waals surface area contributed by atoms with Crippen molar-refractivity contribution in [2.45, 2.75) is 13.5 Å². The van der Waals surface area contributed by atoms with E-state index in [-0.39, 0.29) is 5.69 Å². The molecule has 16 heavy (non-hydrogen) atoms. The molecule has 0 fully saturated rings. The lowest BCUT2D eigenvalue weighted by Crippen LogP contribution is -2.02. The minimum atomic E-state index is -0.474. The van der Waals surface area contributed by atoms with Crippen LogP contribution in [0.25, 0.3) is 0 Å². The fourth-order valence-corrected chi connectivity index (χ4v) is 1.38. The predicted octanol–water partition coefficient (Wildman–Crippen LogP) is 2.61. The Morgan fingerprint density at radius 1 is 1.38 bits per heavy atom. The molecule has 0 atom stereocenters. The molecule has 1 aromatic heterocycles. The molecule has 1 aromatic carbocycles. The first-order valence-corrected chi connectivity index (χ1v) is 4.84. The van der Waals surface area contributed by atoms with E-state index >= 15 is 0 Å². The maximum Gasteiger partial charge on any atom is 0.146 e. The molecule has 0 amide bonds. The SMILES string of the molecule is Cc1ncc(CNc2cc(F)ccc2F)[nH]1. The van der Waals surface area contributed by atoms with E-state index in [9.17, 15) is 8.78 Å². The molecule has 0 aliphatic carbocycles. The minimum Gasteiger partial charge on any atom is -0.377 e. The number of aryl methyl sites for hydroxylation is 1. The van der Waals surface area contributed by atoms with E-state index < -0.39 is 11.6 Å². The topological polar surface area (TPSA) is 40.7 Å². The van der Waals surface area contributed by atoms with Gasteiger partial charge >= 0.3 is 0 Å². The van der Waals surface area contributed by atoms with E-state index in [4.69, 9.17) is 0 Å². The van der Waals surface area contributed by atoms with Gasteiger partial charge in [-0.3, -0.25) is 0 Å². The number of nitrogens with zero attached hydrogens (tertiary/aromatic N) is 1. The third kappa shape index (κ3) is 2.36. The summed E-state index contributed by atoms with van der Waals surface area (Å²) in [6, 6.07) is 3.30. The second-order valence-electron chi connectivity index (χ2n) is 3.47. The van der Waals surface area contributed by atoms with Crippen molar-refractivity contribution in [2.24, 2.45) is 0 Å². The van der Waals surface area contributed by atoms with Crippen LogP contribution < -0.4 is 5.32 Å². The highest BCUT2D eigenvalue weighted by Gasteiger charge is 2.03. The lowest BCUT2D eigenvalue weighted by molar-refractivity contribution is 0.602. The van der Waals surface area contributed by atoms with Gasteiger partial charge in [0.05, 0.1) is 24.1 Å². The molecule has 2 aromatic rings. The summed E-state index contributed by atoms with van der Waals surface area (Å²) in [5.41, 5.74) is 0.966. The number of hydrogen-bond donors (Lipinski definition) is 2. The molecule has 0 saturated heterocycles. The summed E-state index contributed by atoms with van der Waals surface area (Å²) in [6.07, 6.45) is 1.65. The average Bonchev–Trinajstić information content (AvgIpc) is 2.66. The molecule has 2 N–H and O–H groups in total. The van der Waals surface area contributed by atoms with E-state index in [0.29, 0.717) is 6.54 Å². The van der Waals surface area contributed by atoms with Crippen LogP contribution in [-0.2, 0) is 6.54 Å². The van der Waals surface area contributed by atoms with E-state index in [1.165, 1.54) is 0 Å². The van der Waals surface area contributed by atoms with Gasteiger partial charge in [-0.05, 0) is 25.1 Å². The number of H-pyrrole nitrogens is 1. The number of aromatic amines is 1. The number of nitrogens with one attached hydrogen (secondary N) is 2. The molecule has 0 bridgehead atoms. The largest absolute Gasteiger partial charge is 0.377 e. The molecule has 0 saturated carbocycles. The average molecular weight is 223 g/mol. The maximum absolute atomic E-state index is 13.2. The first-order valence-electron chi connectivity index (χ1n) is 4.84. The van der Waals surface area contributed by atoms with Gasteiger partial charge in [0.25, 0.3) is 0 Å². The fraction of sp³-hybridized carbons (Fsp3) is 0.182. The van der Waals surface area contributed by atoms with Crippen molar-refractivity contribution in [3.63, 3.8) is 0 Å². The van der Waals surface area contributed by atoms with Gasteiger partial charge in [-0.2, -0.15) is 0 Å². The van der Waals surface area contributed by atoms with Crippen molar-refractivity contribution in [3.05, 3.63) is 47.5 Å². The van der Waals surface area contributed by atoms with Gasteiger partial charge in [0, 0.05) is 0 Å². The molecule has 2 rings (SSSR count). The molecule has 0 unspecified atom stereocenters. The Morgan fingerprint density at radius 2 is 2.19 bits per heavy atom. The maximum atomic E-state index is 13.2. The lowest BCUT2D eigenvalue weighted by Gasteiger charge is -2.05. The van der Waals surface area contributed by atoms with Crippen molar-refractivity contribution >= 4 is 5.69 Å². The summed E-state index contributed by atoms with van der Waals surface area (Å²) in [6.45, 7) is 2.20. The highest BCUT2D eigenvalue weighted by Crippen LogP contribution is 2.15. The van der Waals surface area contributed by atoms with Crippen molar-refractivity contribution < 1.29 is 8.78 Å². The summed E-state index contributed by atoms with van der Waals surface area (Å²) in [5, 5.41) is 2.80. The van der Waals surface area contributed by atoms with Gasteiger partial charge < -0.3 is 10.3 Å². The van der Waals surface area contributed by atoms with Crippen LogP contribution >= 0.6 is 0 Å². The van der Waals surface area contributed by atoms with Crippen molar-refractivity contribution in [1.29, 1.82) is 0 Å². The zero-order valence-corrected chi connectivity index (χ0v) is 8.72. The van der Waals surface area contributed by atoms with Gasteiger partial charge in [0.15, 0.2) is 0 Å². The molecule has 0 aliphatic heterocycles. The summed E-state index contributed by atoms with van der Waals surface area (Å²) in [5.74, 6) is -0.154. The van der Waals surface area contributed by atoms with Gasteiger partial charge in [0.2, 0.25) is 0 Å². The molecule has 3 nitrogen and oxygen atoms in total. The van der Waals surface area contributed by atoms with Crippen LogP contribution in [0.2, 0.25) is 0 Å². The van der Waals surface area contributed by atoms with E-state index in [2.05, 4.69) is 15.3 Å². The normalized spacial score (nSPS) is 10.4. The Hall–Kier alpha value is -1.91. The standard InChI is InChI=1S/C11H11F2N3/c1-7-14-5-9(16-7)6-15-11-4-8(12)2-3-10(11)13/h2-5,15H,6H2,1H3,(H,14,16). The Balaban J connectivity index is 2.07. The monoisotopic (exact) mass is 223 g/mol. The first-order chi connectivity index (χ1) is 7.65. The number of aromatic nitrogens is 2. The predicted molar refractivity (Wildman–Crippen MR) is 57.0 cm³/mol. The Bertz CT molecular complexity index is 494. The van der Waals surface area contributed by atoms with Crippen LogP contribution in [0.15, 0.2) is 24.4 Å². The Morgan fingerprint density at radius 3 is 2.88 bits per heavy atom. The second kappa shape index (κ2) is 4.30. The summed E-state index contributed by atoms with van der Waals surface area (Å²) >= 11 is 0. The number of halogens is 2. The lowest BCUT2D eigenvalue weighted by atomic mass is 10.3. The smallest absolute Gasteiger partial charge is 0.146 e. The van der Waals surface area contributed by atoms with Crippen molar-refractivity contribution in [1.82, 2.24) is 9.97 Å². The third-order valence-electron chi connectivity index (χ3n) is 2.15. The molecule has 84 valence electrons. The zero-order chi connectivity index (χ0) is 11.5. The number of anilines is 1. The number of benzene rings is 1. The molecule has 0 radical (unpaired) electrons. The third-order valence-corrected chi connectivity index (χ3v) is 2.15. The van der Waals surface area contributed by atoms with Crippen LogP contribution in [0.3, 0.4) is 0 Å². The summed E-state index contributed by atoms with van der Waals surface area (Å²) < 4.78 is 26.1. The second-order valence-corrected chi connectivity index (χ2v) is 3.47. The fourth-order valence-electron chi connectivity index (χ4n) is 1.38. The summed E-state index contributed by atoms with van der Waals surface area (Å²) in [7, 11) is 0. The van der Waals surface area contributed by atoms with E-state index in [1.54, 1.807) is 6.20 Å². The highest BCUT2D eigenvalue weighted by atomic mass is 19.1. The first kappa shape index (κ1) is 10.6. The van der Waals surface area contributed by atoms with Crippen LogP contribution in [-0.4, -0.2) is 9.97 Å². The van der Waals surface area contributed by atoms with Gasteiger partial charge in [-0.15, -0.1) is 0 Å². The number of rotatable bonds is 3. The minimum absolute atomic E-state index is 0.146. The molecule has 0 aliphatic rings. The number of hydrogen-bond acceptors (Lipinski definition) is 2. The van der Waals surface area contributed by atoms with Gasteiger partial charge in [0.1, 0.15) is 17.5 Å². The van der Waals surface area contributed by atoms with Gasteiger partial charge in [-0.1, -0.05) is 0 Å². The van der Waals surface area contributed by atoms with Gasteiger partial charge in [-0.25, -0.2) is 13.8 Å². The van der Waals surface area contributed by atoms with Crippen molar-refractivity contribution in [2.75, 3.05) is 5.32 Å². The van der Waals surface area contributed by atoms with Crippen LogP contribution in [0.1, 0.15) is 11.5 Å². The highest BCUT2D eigenvalue weighted by molar-refractivity contribution is 5.45. The Labute approximate surface area is 91.5 Å². The Kier molecular flexibility index (Phi) is 2.85. The van der Waals surface area contributed by atoms with E-state index in [1.807, 2.05) is 6.92 Å². The molecule has 5 heteroatoms. The quantitative estimate of drug-likeness (QED) is 0.839. The zero-order valence-electron chi connectivity index (χ0n) is 8.72. The number of imidazole rings is 1.